The molecule has 0 saturated carbocycles. The number of hydrogen-bond donors (Lipinski definition) is 0. The molecule has 2 rings (SSSR count). The first-order valence-electron chi connectivity index (χ1n) is 5.81. The number of likely N-dealkylation sites (tertiary alicyclic amines) is 1. The normalized spacial score (nSPS) is 17.3. The molecular weight excluding hydrogens is 261 g/mol. The number of rotatable bonds is 3. The van der Waals surface area contributed by atoms with Crippen molar-refractivity contribution in [1.29, 1.82) is 0 Å². The van der Waals surface area contributed by atoms with Crippen molar-refractivity contribution >= 4 is 23.2 Å². The molecule has 0 amide bonds. The third-order valence-electron chi connectivity index (χ3n) is 3.05. The Morgan fingerprint density at radius 2 is 1.88 bits per heavy atom. The molecule has 0 atom stereocenters. The van der Waals surface area contributed by atoms with Crippen molar-refractivity contribution in [1.82, 2.24) is 14.5 Å². The highest BCUT2D eigenvalue weighted by Crippen LogP contribution is 2.13. The first-order chi connectivity index (χ1) is 8.18. The monoisotopic (exact) mass is 275 g/mol. The summed E-state index contributed by atoms with van der Waals surface area (Å²) in [6.45, 7) is 3.70. The lowest BCUT2D eigenvalue weighted by Gasteiger charge is -2.26. The van der Waals surface area contributed by atoms with Gasteiger partial charge in [-0.05, 0) is 25.9 Å². The summed E-state index contributed by atoms with van der Waals surface area (Å²) >= 11 is 11.4. The molecule has 1 aromatic rings. The summed E-state index contributed by atoms with van der Waals surface area (Å²) in [5, 5.41) is 0.0821. The van der Waals surface area contributed by atoms with Crippen LogP contribution < -0.4 is 5.56 Å². The van der Waals surface area contributed by atoms with Crippen molar-refractivity contribution in [3.63, 3.8) is 0 Å². The molecule has 0 unspecified atom stereocenters. The second-order valence-electron chi connectivity index (χ2n) is 4.25. The van der Waals surface area contributed by atoms with Crippen LogP contribution in [-0.4, -0.2) is 34.1 Å². The van der Waals surface area contributed by atoms with E-state index < -0.39 is 0 Å². The van der Waals surface area contributed by atoms with Gasteiger partial charge < -0.3 is 4.90 Å². The molecule has 0 bridgehead atoms. The molecule has 1 aliphatic rings. The van der Waals surface area contributed by atoms with Gasteiger partial charge in [-0.1, -0.05) is 29.6 Å². The molecule has 1 saturated heterocycles. The standard InChI is InChI=1S/C11H15Cl2N3O/c12-9-10(13)14-8-16(11(9)17)7-6-15-4-2-1-3-5-15/h8H,1-7H2. The van der Waals surface area contributed by atoms with E-state index in [0.29, 0.717) is 6.54 Å². The molecule has 1 aromatic heterocycles. The van der Waals surface area contributed by atoms with E-state index in [1.54, 1.807) is 0 Å². The Morgan fingerprint density at radius 3 is 2.59 bits per heavy atom. The lowest BCUT2D eigenvalue weighted by Crippen LogP contribution is -2.34. The second kappa shape index (κ2) is 5.85. The summed E-state index contributed by atoms with van der Waals surface area (Å²) in [5.41, 5.74) is -0.260. The average molecular weight is 276 g/mol. The van der Waals surface area contributed by atoms with Gasteiger partial charge in [0, 0.05) is 13.1 Å². The third-order valence-corrected chi connectivity index (χ3v) is 3.77. The number of hydrogen-bond acceptors (Lipinski definition) is 3. The Balaban J connectivity index is 1.99. The van der Waals surface area contributed by atoms with Crippen molar-refractivity contribution in [3.05, 3.63) is 26.9 Å². The predicted octanol–water partition coefficient (Wildman–Crippen LogP) is 2.04. The van der Waals surface area contributed by atoms with Gasteiger partial charge in [-0.3, -0.25) is 9.36 Å². The van der Waals surface area contributed by atoms with Crippen molar-refractivity contribution in [2.45, 2.75) is 25.8 Å². The zero-order valence-corrected chi connectivity index (χ0v) is 11.0. The van der Waals surface area contributed by atoms with Crippen LogP contribution in [0, 0.1) is 0 Å². The molecule has 0 aliphatic carbocycles. The summed E-state index contributed by atoms with van der Waals surface area (Å²) < 4.78 is 1.52. The Labute approximate surface area is 110 Å². The third kappa shape index (κ3) is 3.21. The average Bonchev–Trinajstić information content (AvgIpc) is 2.36. The van der Waals surface area contributed by atoms with Crippen LogP contribution in [0.25, 0.3) is 0 Å². The van der Waals surface area contributed by atoms with Crippen molar-refractivity contribution in [2.75, 3.05) is 19.6 Å². The molecule has 0 aromatic carbocycles. The zero-order chi connectivity index (χ0) is 12.3. The molecule has 1 fully saturated rings. The van der Waals surface area contributed by atoms with E-state index in [0.717, 1.165) is 19.6 Å². The van der Waals surface area contributed by atoms with Gasteiger partial charge in [0.25, 0.3) is 5.56 Å². The van der Waals surface area contributed by atoms with Gasteiger partial charge >= 0.3 is 0 Å². The molecule has 4 nitrogen and oxygen atoms in total. The molecular formula is C11H15Cl2N3O. The van der Waals surface area contributed by atoms with E-state index in [2.05, 4.69) is 9.88 Å². The molecule has 17 heavy (non-hydrogen) atoms. The molecule has 0 spiro atoms. The quantitative estimate of drug-likeness (QED) is 0.793. The zero-order valence-electron chi connectivity index (χ0n) is 9.53. The minimum absolute atomic E-state index is 0.00723. The van der Waals surface area contributed by atoms with Crippen LogP contribution in [0.2, 0.25) is 10.2 Å². The highest BCUT2D eigenvalue weighted by atomic mass is 35.5. The summed E-state index contributed by atoms with van der Waals surface area (Å²) in [7, 11) is 0. The van der Waals surface area contributed by atoms with Crippen molar-refractivity contribution in [3.8, 4) is 0 Å². The SMILES string of the molecule is O=c1c(Cl)c(Cl)ncn1CCN1CCCCC1. The lowest BCUT2D eigenvalue weighted by molar-refractivity contribution is 0.219. The van der Waals surface area contributed by atoms with Crippen molar-refractivity contribution < 1.29 is 0 Å². The summed E-state index contributed by atoms with van der Waals surface area (Å²) in [4.78, 5) is 18.0. The first kappa shape index (κ1) is 12.9. The van der Waals surface area contributed by atoms with Gasteiger partial charge in [0.1, 0.15) is 5.02 Å². The minimum Gasteiger partial charge on any atom is -0.302 e. The van der Waals surface area contributed by atoms with Gasteiger partial charge in [-0.25, -0.2) is 4.98 Å². The van der Waals surface area contributed by atoms with Crippen LogP contribution in [0.1, 0.15) is 19.3 Å². The number of halogens is 2. The van der Waals surface area contributed by atoms with Crippen LogP contribution in [0.5, 0.6) is 0 Å². The van der Waals surface area contributed by atoms with Gasteiger partial charge in [-0.2, -0.15) is 0 Å². The maximum absolute atomic E-state index is 11.8. The topological polar surface area (TPSA) is 38.1 Å². The Kier molecular flexibility index (Phi) is 4.42. The summed E-state index contributed by atoms with van der Waals surface area (Å²) in [6.07, 6.45) is 5.26. The van der Waals surface area contributed by atoms with Gasteiger partial charge in [0.15, 0.2) is 5.15 Å². The number of piperidine rings is 1. The van der Waals surface area contributed by atoms with Crippen LogP contribution in [0.3, 0.4) is 0 Å². The van der Waals surface area contributed by atoms with Crippen molar-refractivity contribution in [2.24, 2.45) is 0 Å². The minimum atomic E-state index is -0.260. The highest BCUT2D eigenvalue weighted by Gasteiger charge is 2.11. The Morgan fingerprint density at radius 1 is 1.18 bits per heavy atom. The van der Waals surface area contributed by atoms with Crippen LogP contribution >= 0.6 is 23.2 Å². The van der Waals surface area contributed by atoms with Crippen LogP contribution in [0.4, 0.5) is 0 Å². The second-order valence-corrected chi connectivity index (χ2v) is 4.99. The van der Waals surface area contributed by atoms with Crippen LogP contribution in [-0.2, 0) is 6.54 Å². The van der Waals surface area contributed by atoms with E-state index in [-0.39, 0.29) is 15.7 Å². The number of aromatic nitrogens is 2. The molecule has 1 aliphatic heterocycles. The summed E-state index contributed by atoms with van der Waals surface area (Å²) in [5.74, 6) is 0. The fourth-order valence-corrected chi connectivity index (χ4v) is 2.32. The van der Waals surface area contributed by atoms with Gasteiger partial charge in [0.05, 0.1) is 6.33 Å². The first-order valence-corrected chi connectivity index (χ1v) is 6.57. The van der Waals surface area contributed by atoms with Crippen LogP contribution in [0.15, 0.2) is 11.1 Å². The van der Waals surface area contributed by atoms with E-state index in [4.69, 9.17) is 23.2 Å². The predicted molar refractivity (Wildman–Crippen MR) is 68.8 cm³/mol. The molecule has 2 heterocycles. The Hall–Kier alpha value is -0.580. The summed E-state index contributed by atoms with van der Waals surface area (Å²) in [6, 6.07) is 0. The van der Waals surface area contributed by atoms with E-state index in [1.807, 2.05) is 0 Å². The van der Waals surface area contributed by atoms with Gasteiger partial charge in [-0.15, -0.1) is 0 Å². The molecule has 0 N–H and O–H groups in total. The largest absolute Gasteiger partial charge is 0.302 e. The molecule has 94 valence electrons. The van der Waals surface area contributed by atoms with E-state index >= 15 is 0 Å². The smallest absolute Gasteiger partial charge is 0.273 e. The maximum Gasteiger partial charge on any atom is 0.273 e. The fraction of sp³-hybridized carbons (Fsp3) is 0.636. The van der Waals surface area contributed by atoms with Gasteiger partial charge in [0.2, 0.25) is 0 Å². The highest BCUT2D eigenvalue weighted by molar-refractivity contribution is 6.40. The van der Waals surface area contributed by atoms with E-state index in [1.165, 1.54) is 30.2 Å². The van der Waals surface area contributed by atoms with E-state index in [9.17, 15) is 4.79 Å². The molecule has 6 heteroatoms. The Bertz CT molecular complexity index is 441. The fourth-order valence-electron chi connectivity index (χ4n) is 2.04. The maximum atomic E-state index is 11.8. The molecule has 0 radical (unpaired) electrons. The lowest BCUT2D eigenvalue weighted by atomic mass is 10.1. The number of nitrogens with zero attached hydrogens (tertiary/aromatic N) is 3.